The molecule has 0 fully saturated rings. The number of amides is 2. The largest absolute Gasteiger partial charge is 1.00 e. The molecule has 0 spiro atoms. The maximum Gasteiger partial charge on any atom is 1.00 e. The summed E-state index contributed by atoms with van der Waals surface area (Å²) in [5, 5.41) is 120. The molecule has 0 aliphatic heterocycles. The number of phenolic OH excluding ortho intramolecular Hbond substituents is 6. The summed E-state index contributed by atoms with van der Waals surface area (Å²) in [7, 11) is 0. The van der Waals surface area contributed by atoms with E-state index in [1.165, 1.54) is 26.0 Å². The number of carboxylic acids is 4. The molecule has 0 heterocycles. The molecule has 0 bridgehead atoms. The SMILES string of the molecule is Cc1cc2c(C(C)C)c(O)c(O)c(C=NC(CC(=O)[O-])C(=O)NC(C)C(=O)[O-])c2c(O)c1-c1c(C)cc2c(C(C)C)c(O)c(O)c(C=NC(CC(=O)[O-])C(=O)NC(C)C(=O)[O-])c2c1O.[Na+].[Na+].[Na+].[Na+]. The Bertz CT molecular complexity index is 2510. The summed E-state index contributed by atoms with van der Waals surface area (Å²) in [5.41, 5.74) is -0.358. The van der Waals surface area contributed by atoms with Crippen molar-refractivity contribution in [3.8, 4) is 45.6 Å². The van der Waals surface area contributed by atoms with E-state index in [1.807, 2.05) is 10.6 Å². The number of hydrogen-bond donors (Lipinski definition) is 8. The van der Waals surface area contributed by atoms with Crippen molar-refractivity contribution < 1.29 is 198 Å². The number of carbonyl (C=O) groups excluding carboxylic acids is 6. The zero-order valence-electron chi connectivity index (χ0n) is 39.8. The van der Waals surface area contributed by atoms with Gasteiger partial charge in [0.2, 0.25) is 11.8 Å². The first-order valence-corrected chi connectivity index (χ1v) is 19.7. The first-order chi connectivity index (χ1) is 29.7. The van der Waals surface area contributed by atoms with Crippen LogP contribution in [0.25, 0.3) is 32.7 Å². The first kappa shape index (κ1) is 64.4. The van der Waals surface area contributed by atoms with E-state index < -0.39 is 130 Å². The molecular formula is C44H46N4Na4O16. The number of aromatic hydroxyl groups is 6. The van der Waals surface area contributed by atoms with Crippen LogP contribution >= 0.6 is 0 Å². The fraction of sp³-hybridized carbons (Fsp3) is 0.364. The third-order valence-corrected chi connectivity index (χ3v) is 10.5. The van der Waals surface area contributed by atoms with Gasteiger partial charge in [0.1, 0.15) is 23.6 Å². The number of aryl methyl sites for hydroxylation is 2. The van der Waals surface area contributed by atoms with Gasteiger partial charge in [0.25, 0.3) is 0 Å². The Balaban J connectivity index is 0.0000112. The van der Waals surface area contributed by atoms with Gasteiger partial charge >= 0.3 is 118 Å². The van der Waals surface area contributed by atoms with Gasteiger partial charge in [0.05, 0.1) is 24.0 Å². The summed E-state index contributed by atoms with van der Waals surface area (Å²) < 4.78 is 0. The normalized spacial score (nSPS) is 12.9. The summed E-state index contributed by atoms with van der Waals surface area (Å²) in [5.74, 6) is -14.7. The van der Waals surface area contributed by atoms with Crippen molar-refractivity contribution in [1.29, 1.82) is 0 Å². The van der Waals surface area contributed by atoms with Crippen LogP contribution in [0.1, 0.15) is 99.6 Å². The maximum atomic E-state index is 13.0. The first-order valence-electron chi connectivity index (χ1n) is 19.7. The van der Waals surface area contributed by atoms with Crippen LogP contribution in [0.4, 0.5) is 0 Å². The maximum absolute atomic E-state index is 13.0. The van der Waals surface area contributed by atoms with Gasteiger partial charge in [-0.15, -0.1) is 0 Å². The Morgan fingerprint density at radius 2 is 0.824 bits per heavy atom. The molecule has 24 heteroatoms. The van der Waals surface area contributed by atoms with Crippen molar-refractivity contribution in [2.75, 3.05) is 0 Å². The molecular weight excluding hydrogens is 932 g/mol. The predicted molar refractivity (Wildman–Crippen MR) is 222 cm³/mol. The van der Waals surface area contributed by atoms with Gasteiger partial charge in [-0.25, -0.2) is 0 Å². The molecule has 4 atom stereocenters. The van der Waals surface area contributed by atoms with Crippen LogP contribution in [0.5, 0.6) is 34.5 Å². The third-order valence-electron chi connectivity index (χ3n) is 10.5. The van der Waals surface area contributed by atoms with Gasteiger partial charge in [0.15, 0.2) is 23.0 Å². The number of carbonyl (C=O) groups is 6. The van der Waals surface area contributed by atoms with E-state index in [9.17, 15) is 79.8 Å². The molecule has 68 heavy (non-hydrogen) atoms. The molecule has 4 aromatic carbocycles. The number of phenols is 6. The summed E-state index contributed by atoms with van der Waals surface area (Å²) >= 11 is 0. The Morgan fingerprint density at radius 3 is 1.07 bits per heavy atom. The molecule has 0 saturated heterocycles. The minimum absolute atomic E-state index is 0. The fourth-order valence-electron chi connectivity index (χ4n) is 7.43. The average Bonchev–Trinajstić information content (AvgIpc) is 3.17. The summed E-state index contributed by atoms with van der Waals surface area (Å²) in [6.07, 6.45) is -0.550. The van der Waals surface area contributed by atoms with Gasteiger partial charge < -0.3 is 80.9 Å². The number of hydrogen-bond acceptors (Lipinski definition) is 18. The molecule has 8 N–H and O–H groups in total. The number of rotatable bonds is 17. The van der Waals surface area contributed by atoms with Gasteiger partial charge in [-0.05, 0) is 61.4 Å². The second-order valence-corrected chi connectivity index (χ2v) is 15.9. The number of benzene rings is 4. The van der Waals surface area contributed by atoms with E-state index in [4.69, 9.17) is 0 Å². The van der Waals surface area contributed by atoms with E-state index in [-0.39, 0.29) is 173 Å². The zero-order chi connectivity index (χ0) is 48.4. The zero-order valence-corrected chi connectivity index (χ0v) is 47.8. The van der Waals surface area contributed by atoms with Crippen molar-refractivity contribution in [3.05, 3.63) is 45.5 Å². The number of aliphatic carboxylic acids is 4. The smallest absolute Gasteiger partial charge is 0.550 e. The number of carboxylic acid groups (broad SMARTS) is 4. The second kappa shape index (κ2) is 26.5. The monoisotopic (exact) mass is 978 g/mol. The summed E-state index contributed by atoms with van der Waals surface area (Å²) in [6.45, 7) is 11.9. The van der Waals surface area contributed by atoms with Gasteiger partial charge in [-0.1, -0.05) is 39.8 Å². The van der Waals surface area contributed by atoms with Crippen LogP contribution in [-0.2, 0) is 28.8 Å². The molecule has 342 valence electrons. The molecule has 0 radical (unpaired) electrons. The minimum Gasteiger partial charge on any atom is -0.550 e. The number of nitrogens with zero attached hydrogens (tertiary/aromatic N) is 2. The molecule has 0 aliphatic rings. The van der Waals surface area contributed by atoms with Crippen LogP contribution in [0.3, 0.4) is 0 Å². The molecule has 4 rings (SSSR count). The van der Waals surface area contributed by atoms with E-state index >= 15 is 0 Å². The van der Waals surface area contributed by atoms with Gasteiger partial charge in [-0.2, -0.15) is 0 Å². The van der Waals surface area contributed by atoms with Crippen molar-refractivity contribution in [3.63, 3.8) is 0 Å². The molecule has 2 amide bonds. The van der Waals surface area contributed by atoms with Crippen LogP contribution in [-0.4, -0.2) is 103 Å². The van der Waals surface area contributed by atoms with Crippen LogP contribution in [0, 0.1) is 13.8 Å². The topological polar surface area (TPSA) is 365 Å². The van der Waals surface area contributed by atoms with Crippen molar-refractivity contribution in [2.24, 2.45) is 9.98 Å². The van der Waals surface area contributed by atoms with Crippen molar-refractivity contribution >= 4 is 69.7 Å². The molecule has 4 aromatic rings. The summed E-state index contributed by atoms with van der Waals surface area (Å²) in [4.78, 5) is 79.7. The average molecular weight is 979 g/mol. The molecule has 4 unspecified atom stereocenters. The standard InChI is InChI=1S/C44H50N4O16.4Na/c1-15(2)29-21-9-17(5)31(37(55)33(21)23(35(53)39(29)57)13-45-25(11-27(49)50)41(59)47-19(7)43(61)62)32-18(6)10-22-30(16(3)4)40(58)36(54)24(34(22)38(32)56)14-46-26(12-28(51)52)42(60)48-20(8)44(63)64;;;;/h9-10,13-16,19-20,25-26,53-58H,11-12H2,1-8H3,(H,47,59)(H,48,60)(H,49,50)(H,51,52)(H,61,62)(H,63,64);;;;/q;4*+1/p-4. The van der Waals surface area contributed by atoms with E-state index in [0.717, 1.165) is 26.3 Å². The second-order valence-electron chi connectivity index (χ2n) is 15.9. The molecule has 20 nitrogen and oxygen atoms in total. The van der Waals surface area contributed by atoms with Crippen LogP contribution in [0.2, 0.25) is 0 Å². The Kier molecular flexibility index (Phi) is 25.1. The molecule has 0 aromatic heterocycles. The van der Waals surface area contributed by atoms with Crippen LogP contribution in [0.15, 0.2) is 22.1 Å². The number of aliphatic imine (C=N–C) groups is 2. The number of nitrogens with one attached hydrogen (secondary N) is 2. The Morgan fingerprint density at radius 1 is 0.529 bits per heavy atom. The Hall–Kier alpha value is -3.64. The third kappa shape index (κ3) is 13.8. The van der Waals surface area contributed by atoms with Crippen molar-refractivity contribution in [1.82, 2.24) is 10.6 Å². The predicted octanol–water partition coefficient (Wildman–Crippen LogP) is -12.9. The van der Waals surface area contributed by atoms with Crippen LogP contribution < -0.4 is 149 Å². The molecule has 0 saturated carbocycles. The quantitative estimate of drug-likeness (QED) is 0.0277. The summed E-state index contributed by atoms with van der Waals surface area (Å²) in [6, 6.07) is -3.88. The van der Waals surface area contributed by atoms with Gasteiger partial charge in [0, 0.05) is 81.4 Å². The van der Waals surface area contributed by atoms with Gasteiger partial charge in [-0.3, -0.25) is 19.6 Å². The number of fused-ring (bicyclic) bond motifs is 2. The minimum atomic E-state index is -1.86. The molecule has 0 aliphatic carbocycles. The fourth-order valence-corrected chi connectivity index (χ4v) is 7.43. The van der Waals surface area contributed by atoms with E-state index in [0.29, 0.717) is 0 Å². The van der Waals surface area contributed by atoms with E-state index in [2.05, 4.69) is 9.98 Å². The van der Waals surface area contributed by atoms with Crippen molar-refractivity contribution in [2.45, 2.75) is 104 Å². The van der Waals surface area contributed by atoms with E-state index in [1.54, 1.807) is 27.7 Å². The Labute approximate surface area is 478 Å².